The molecule has 0 bridgehead atoms. The van der Waals surface area contributed by atoms with Crippen LogP contribution in [0.15, 0.2) is 12.4 Å². The number of aromatic nitrogens is 2. The third-order valence-corrected chi connectivity index (χ3v) is 2.90. The molecule has 0 aliphatic carbocycles. The number of carboxylic acid groups (broad SMARTS) is 1. The highest BCUT2D eigenvalue weighted by molar-refractivity contribution is 5.66. The summed E-state index contributed by atoms with van der Waals surface area (Å²) in [6, 6.07) is 0. The molecule has 0 saturated carbocycles. The molecule has 2 rings (SSSR count). The quantitative estimate of drug-likeness (QED) is 0.828. The Morgan fingerprint density at radius 3 is 2.44 bits per heavy atom. The molecule has 1 N–H and O–H groups in total. The predicted octanol–water partition coefficient (Wildman–Crippen LogP) is 0.212. The van der Waals surface area contributed by atoms with Gasteiger partial charge in [-0.15, -0.1) is 0 Å². The molecular weight excluding hydrogens is 239 g/mol. The number of halogens is 1. The van der Waals surface area contributed by atoms with Gasteiger partial charge in [0.25, 0.3) is 0 Å². The zero-order valence-corrected chi connectivity index (χ0v) is 9.92. The van der Waals surface area contributed by atoms with E-state index < -0.39 is 11.8 Å². The smallest absolute Gasteiger partial charge is 0.304 e. The summed E-state index contributed by atoms with van der Waals surface area (Å²) in [5.74, 6) is -0.701. The van der Waals surface area contributed by atoms with Crippen molar-refractivity contribution in [2.75, 3.05) is 37.6 Å². The zero-order chi connectivity index (χ0) is 13.0. The maximum absolute atomic E-state index is 12.7. The highest BCUT2D eigenvalue weighted by Gasteiger charge is 2.19. The zero-order valence-electron chi connectivity index (χ0n) is 9.92. The summed E-state index contributed by atoms with van der Waals surface area (Å²) in [7, 11) is 0. The van der Waals surface area contributed by atoms with Gasteiger partial charge in [-0.3, -0.25) is 9.69 Å². The highest BCUT2D eigenvalue weighted by atomic mass is 19.1. The number of anilines is 1. The van der Waals surface area contributed by atoms with Gasteiger partial charge in [-0.25, -0.2) is 14.4 Å². The SMILES string of the molecule is O=C(O)CCN1CCN(c2ncc(F)cn2)CC1. The molecule has 98 valence electrons. The molecule has 1 fully saturated rings. The minimum Gasteiger partial charge on any atom is -0.481 e. The van der Waals surface area contributed by atoms with E-state index in [1.54, 1.807) is 0 Å². The van der Waals surface area contributed by atoms with Crippen LogP contribution in [0.1, 0.15) is 6.42 Å². The summed E-state index contributed by atoms with van der Waals surface area (Å²) >= 11 is 0. The lowest BCUT2D eigenvalue weighted by Gasteiger charge is -2.34. The van der Waals surface area contributed by atoms with Crippen molar-refractivity contribution in [2.24, 2.45) is 0 Å². The van der Waals surface area contributed by atoms with Crippen LogP contribution in [0.2, 0.25) is 0 Å². The Morgan fingerprint density at radius 1 is 1.28 bits per heavy atom. The average Bonchev–Trinajstić information content (AvgIpc) is 2.38. The Hall–Kier alpha value is -1.76. The van der Waals surface area contributed by atoms with Crippen LogP contribution in [-0.2, 0) is 4.79 Å². The molecule has 0 radical (unpaired) electrons. The summed E-state index contributed by atoms with van der Waals surface area (Å²) in [6.07, 6.45) is 2.46. The molecular formula is C11H15FN4O2. The van der Waals surface area contributed by atoms with E-state index in [-0.39, 0.29) is 6.42 Å². The fourth-order valence-corrected chi connectivity index (χ4v) is 1.89. The van der Waals surface area contributed by atoms with Crippen molar-refractivity contribution in [3.8, 4) is 0 Å². The second-order valence-electron chi connectivity index (χ2n) is 4.17. The van der Waals surface area contributed by atoms with Crippen LogP contribution >= 0.6 is 0 Å². The third kappa shape index (κ3) is 3.36. The monoisotopic (exact) mass is 254 g/mol. The van der Waals surface area contributed by atoms with E-state index in [4.69, 9.17) is 5.11 Å². The molecule has 1 aromatic rings. The second-order valence-corrected chi connectivity index (χ2v) is 4.17. The third-order valence-electron chi connectivity index (χ3n) is 2.90. The summed E-state index contributed by atoms with van der Waals surface area (Å²) in [5.41, 5.74) is 0. The van der Waals surface area contributed by atoms with Crippen molar-refractivity contribution in [1.82, 2.24) is 14.9 Å². The lowest BCUT2D eigenvalue weighted by Crippen LogP contribution is -2.47. The topological polar surface area (TPSA) is 69.6 Å². The first-order valence-corrected chi connectivity index (χ1v) is 5.82. The largest absolute Gasteiger partial charge is 0.481 e. The number of hydrogen-bond acceptors (Lipinski definition) is 5. The summed E-state index contributed by atoms with van der Waals surface area (Å²) in [6.45, 7) is 3.56. The molecule has 7 heteroatoms. The van der Waals surface area contributed by atoms with E-state index in [1.165, 1.54) is 0 Å². The molecule has 2 heterocycles. The van der Waals surface area contributed by atoms with Gasteiger partial charge in [-0.05, 0) is 0 Å². The first-order valence-electron chi connectivity index (χ1n) is 5.82. The minimum absolute atomic E-state index is 0.160. The van der Waals surface area contributed by atoms with Crippen LogP contribution < -0.4 is 4.90 Å². The molecule has 0 spiro atoms. The Labute approximate surface area is 104 Å². The maximum Gasteiger partial charge on any atom is 0.304 e. The summed E-state index contributed by atoms with van der Waals surface area (Å²) < 4.78 is 12.7. The predicted molar refractivity (Wildman–Crippen MR) is 62.9 cm³/mol. The van der Waals surface area contributed by atoms with Crippen LogP contribution in [-0.4, -0.2) is 58.7 Å². The standard InChI is InChI=1S/C11H15FN4O2/c12-9-7-13-11(14-8-9)16-5-3-15(4-6-16)2-1-10(17)18/h7-8H,1-6H2,(H,17,18). The van der Waals surface area contributed by atoms with Crippen molar-refractivity contribution in [1.29, 1.82) is 0 Å². The normalized spacial score (nSPS) is 16.8. The number of carbonyl (C=O) groups is 1. The van der Waals surface area contributed by atoms with E-state index in [2.05, 4.69) is 14.9 Å². The van der Waals surface area contributed by atoms with Gasteiger partial charge < -0.3 is 10.0 Å². The van der Waals surface area contributed by atoms with Gasteiger partial charge in [0.05, 0.1) is 18.8 Å². The molecule has 18 heavy (non-hydrogen) atoms. The van der Waals surface area contributed by atoms with Crippen molar-refractivity contribution in [3.05, 3.63) is 18.2 Å². The summed E-state index contributed by atoms with van der Waals surface area (Å²) in [5, 5.41) is 8.61. The number of hydrogen-bond donors (Lipinski definition) is 1. The van der Waals surface area contributed by atoms with E-state index in [9.17, 15) is 9.18 Å². The van der Waals surface area contributed by atoms with E-state index in [0.29, 0.717) is 12.5 Å². The van der Waals surface area contributed by atoms with Crippen LogP contribution in [0.4, 0.5) is 10.3 Å². The lowest BCUT2D eigenvalue weighted by molar-refractivity contribution is -0.137. The Kier molecular flexibility index (Phi) is 4.03. The van der Waals surface area contributed by atoms with Crippen molar-refractivity contribution in [3.63, 3.8) is 0 Å². The Balaban J connectivity index is 1.83. The van der Waals surface area contributed by atoms with E-state index >= 15 is 0 Å². The number of rotatable bonds is 4. The molecule has 0 aromatic carbocycles. The molecule has 0 unspecified atom stereocenters. The fraction of sp³-hybridized carbons (Fsp3) is 0.545. The van der Waals surface area contributed by atoms with Gasteiger partial charge in [-0.2, -0.15) is 0 Å². The van der Waals surface area contributed by atoms with E-state index in [0.717, 1.165) is 38.6 Å². The van der Waals surface area contributed by atoms with Crippen molar-refractivity contribution in [2.45, 2.75) is 6.42 Å². The number of carboxylic acids is 1. The summed E-state index contributed by atoms with van der Waals surface area (Å²) in [4.78, 5) is 22.4. The molecule has 1 aliphatic rings. The van der Waals surface area contributed by atoms with E-state index in [1.807, 2.05) is 4.90 Å². The Morgan fingerprint density at radius 2 is 1.89 bits per heavy atom. The minimum atomic E-state index is -0.778. The molecule has 1 aromatic heterocycles. The molecule has 0 atom stereocenters. The van der Waals surface area contributed by atoms with Gasteiger partial charge in [0.2, 0.25) is 5.95 Å². The van der Waals surface area contributed by atoms with Gasteiger partial charge >= 0.3 is 5.97 Å². The Bertz CT molecular complexity index is 404. The first kappa shape index (κ1) is 12.7. The molecule has 6 nitrogen and oxygen atoms in total. The molecule has 1 aliphatic heterocycles. The fourth-order valence-electron chi connectivity index (χ4n) is 1.89. The average molecular weight is 254 g/mol. The number of piperazine rings is 1. The van der Waals surface area contributed by atoms with Crippen LogP contribution in [0, 0.1) is 5.82 Å². The van der Waals surface area contributed by atoms with Crippen LogP contribution in [0.5, 0.6) is 0 Å². The van der Waals surface area contributed by atoms with Gasteiger partial charge in [-0.1, -0.05) is 0 Å². The number of nitrogens with zero attached hydrogens (tertiary/aromatic N) is 4. The van der Waals surface area contributed by atoms with Gasteiger partial charge in [0, 0.05) is 32.7 Å². The first-order chi connectivity index (χ1) is 8.65. The molecule has 1 saturated heterocycles. The van der Waals surface area contributed by atoms with Gasteiger partial charge in [0.1, 0.15) is 0 Å². The van der Waals surface area contributed by atoms with Crippen molar-refractivity contribution >= 4 is 11.9 Å². The van der Waals surface area contributed by atoms with Gasteiger partial charge in [0.15, 0.2) is 5.82 Å². The lowest BCUT2D eigenvalue weighted by atomic mass is 10.3. The molecule has 0 amide bonds. The van der Waals surface area contributed by atoms with Crippen molar-refractivity contribution < 1.29 is 14.3 Å². The maximum atomic E-state index is 12.7. The highest BCUT2D eigenvalue weighted by Crippen LogP contribution is 2.10. The number of aliphatic carboxylic acids is 1. The van der Waals surface area contributed by atoms with Crippen LogP contribution in [0.25, 0.3) is 0 Å². The second kappa shape index (κ2) is 5.72. The van der Waals surface area contributed by atoms with Crippen LogP contribution in [0.3, 0.4) is 0 Å².